The first-order valence-electron chi connectivity index (χ1n) is 5.91. The molecule has 94 valence electrons. The van der Waals surface area contributed by atoms with Gasteiger partial charge in [0.2, 0.25) is 0 Å². The maximum absolute atomic E-state index is 5.13. The number of nitrogens with one attached hydrogen (secondary N) is 2. The Labute approximate surface area is 109 Å². The Morgan fingerprint density at radius 1 is 1.18 bits per heavy atom. The highest BCUT2D eigenvalue weighted by Crippen LogP contribution is 2.11. The van der Waals surface area contributed by atoms with Crippen molar-refractivity contribution in [1.29, 1.82) is 0 Å². The molecule has 0 spiro atoms. The van der Waals surface area contributed by atoms with Gasteiger partial charge in [-0.1, -0.05) is 19.1 Å². The molecule has 0 aromatic heterocycles. The summed E-state index contributed by atoms with van der Waals surface area (Å²) in [5, 5.41) is 7.06. The summed E-state index contributed by atoms with van der Waals surface area (Å²) >= 11 is 5.13. The second-order valence-electron chi connectivity index (χ2n) is 3.78. The molecular weight excluding hydrogens is 232 g/mol. The van der Waals surface area contributed by atoms with E-state index in [4.69, 9.17) is 17.0 Å². The predicted molar refractivity (Wildman–Crippen MR) is 75.6 cm³/mol. The third-order valence-corrected chi connectivity index (χ3v) is 2.68. The van der Waals surface area contributed by atoms with Crippen molar-refractivity contribution >= 4 is 17.3 Å². The van der Waals surface area contributed by atoms with Crippen molar-refractivity contribution in [3.63, 3.8) is 0 Å². The minimum absolute atomic E-state index is 0.736. The van der Waals surface area contributed by atoms with Crippen LogP contribution in [-0.4, -0.2) is 25.3 Å². The fourth-order valence-electron chi connectivity index (χ4n) is 1.41. The van der Waals surface area contributed by atoms with Crippen molar-refractivity contribution in [3.8, 4) is 5.75 Å². The van der Waals surface area contributed by atoms with E-state index in [1.807, 2.05) is 12.1 Å². The van der Waals surface area contributed by atoms with Gasteiger partial charge >= 0.3 is 0 Å². The van der Waals surface area contributed by atoms with Crippen molar-refractivity contribution < 1.29 is 4.74 Å². The van der Waals surface area contributed by atoms with Crippen LogP contribution >= 0.6 is 12.2 Å². The number of ether oxygens (including phenoxy) is 1. The molecule has 0 fully saturated rings. The van der Waals surface area contributed by atoms with Crippen LogP contribution in [0.25, 0.3) is 0 Å². The zero-order chi connectivity index (χ0) is 12.5. The van der Waals surface area contributed by atoms with E-state index in [2.05, 4.69) is 29.7 Å². The fourth-order valence-corrected chi connectivity index (χ4v) is 1.62. The Morgan fingerprint density at radius 2 is 1.82 bits per heavy atom. The molecular formula is C13H20N2OS. The van der Waals surface area contributed by atoms with Gasteiger partial charge in [-0.3, -0.25) is 0 Å². The Hall–Kier alpha value is -1.29. The molecule has 4 heteroatoms. The van der Waals surface area contributed by atoms with Crippen LogP contribution in [0.1, 0.15) is 18.9 Å². The molecule has 0 unspecified atom stereocenters. The fraction of sp³-hybridized carbons (Fsp3) is 0.462. The lowest BCUT2D eigenvalue weighted by Gasteiger charge is -2.09. The summed E-state index contributed by atoms with van der Waals surface area (Å²) in [6.45, 7) is 3.89. The first-order chi connectivity index (χ1) is 8.26. The number of hydrogen-bond donors (Lipinski definition) is 2. The molecule has 0 aliphatic carbocycles. The van der Waals surface area contributed by atoms with Gasteiger partial charge < -0.3 is 15.4 Å². The van der Waals surface area contributed by atoms with Gasteiger partial charge in [0.05, 0.1) is 7.11 Å². The lowest BCUT2D eigenvalue weighted by atomic mass is 10.1. The molecule has 2 N–H and O–H groups in total. The van der Waals surface area contributed by atoms with E-state index in [1.165, 1.54) is 5.56 Å². The average molecular weight is 252 g/mol. The molecule has 0 aliphatic rings. The Kier molecular flexibility index (Phi) is 6.40. The summed E-state index contributed by atoms with van der Waals surface area (Å²) < 4.78 is 5.11. The predicted octanol–water partition coefficient (Wildman–Crippen LogP) is 2.11. The van der Waals surface area contributed by atoms with Crippen LogP contribution < -0.4 is 15.4 Å². The van der Waals surface area contributed by atoms with Crippen molar-refractivity contribution in [2.45, 2.75) is 19.8 Å². The maximum Gasteiger partial charge on any atom is 0.166 e. The van der Waals surface area contributed by atoms with Crippen molar-refractivity contribution in [2.24, 2.45) is 0 Å². The van der Waals surface area contributed by atoms with Crippen LogP contribution in [0.2, 0.25) is 0 Å². The van der Waals surface area contributed by atoms with E-state index in [1.54, 1.807) is 7.11 Å². The van der Waals surface area contributed by atoms with Gasteiger partial charge in [-0.05, 0) is 42.8 Å². The molecule has 1 rings (SSSR count). The lowest BCUT2D eigenvalue weighted by Crippen LogP contribution is -2.36. The molecule has 0 atom stereocenters. The quantitative estimate of drug-likeness (QED) is 0.760. The molecule has 1 aromatic carbocycles. The van der Waals surface area contributed by atoms with Gasteiger partial charge in [-0.15, -0.1) is 0 Å². The van der Waals surface area contributed by atoms with Crippen LogP contribution in [0.4, 0.5) is 0 Å². The molecule has 17 heavy (non-hydrogen) atoms. The summed E-state index contributed by atoms with van der Waals surface area (Å²) in [6, 6.07) is 8.10. The van der Waals surface area contributed by atoms with Gasteiger partial charge in [0.1, 0.15) is 5.75 Å². The van der Waals surface area contributed by atoms with E-state index < -0.39 is 0 Å². The molecule has 0 radical (unpaired) electrons. The normalized spacial score (nSPS) is 9.76. The van der Waals surface area contributed by atoms with Gasteiger partial charge in [0.15, 0.2) is 5.11 Å². The molecule has 0 amide bonds. The van der Waals surface area contributed by atoms with Crippen molar-refractivity contribution in [3.05, 3.63) is 29.8 Å². The molecule has 3 nitrogen and oxygen atoms in total. The second-order valence-corrected chi connectivity index (χ2v) is 4.19. The van der Waals surface area contributed by atoms with E-state index >= 15 is 0 Å². The topological polar surface area (TPSA) is 33.3 Å². The van der Waals surface area contributed by atoms with E-state index in [0.717, 1.165) is 36.8 Å². The first-order valence-corrected chi connectivity index (χ1v) is 6.31. The van der Waals surface area contributed by atoms with Gasteiger partial charge in [0.25, 0.3) is 0 Å². The highest BCUT2D eigenvalue weighted by Gasteiger charge is 1.96. The van der Waals surface area contributed by atoms with E-state index in [0.29, 0.717) is 0 Å². The highest BCUT2D eigenvalue weighted by molar-refractivity contribution is 7.80. The van der Waals surface area contributed by atoms with Gasteiger partial charge in [0, 0.05) is 13.1 Å². The molecule has 0 saturated carbocycles. The molecule has 0 heterocycles. The zero-order valence-electron chi connectivity index (χ0n) is 10.5. The minimum Gasteiger partial charge on any atom is -0.497 e. The molecule has 0 bridgehead atoms. The first kappa shape index (κ1) is 13.8. The smallest absolute Gasteiger partial charge is 0.166 e. The number of rotatable bonds is 6. The monoisotopic (exact) mass is 252 g/mol. The highest BCUT2D eigenvalue weighted by atomic mass is 32.1. The van der Waals surface area contributed by atoms with Crippen LogP contribution in [0.15, 0.2) is 24.3 Å². The largest absolute Gasteiger partial charge is 0.497 e. The summed E-state index contributed by atoms with van der Waals surface area (Å²) in [7, 11) is 1.67. The van der Waals surface area contributed by atoms with Crippen molar-refractivity contribution in [2.75, 3.05) is 20.2 Å². The van der Waals surface area contributed by atoms with Crippen LogP contribution in [0.5, 0.6) is 5.75 Å². The Bertz CT molecular complexity index is 338. The van der Waals surface area contributed by atoms with E-state index in [-0.39, 0.29) is 0 Å². The van der Waals surface area contributed by atoms with Gasteiger partial charge in [-0.2, -0.15) is 0 Å². The summed E-state index contributed by atoms with van der Waals surface area (Å²) in [5.41, 5.74) is 1.27. The van der Waals surface area contributed by atoms with Crippen LogP contribution in [0.3, 0.4) is 0 Å². The van der Waals surface area contributed by atoms with Crippen LogP contribution in [-0.2, 0) is 6.42 Å². The minimum atomic E-state index is 0.736. The Morgan fingerprint density at radius 3 is 2.41 bits per heavy atom. The summed E-state index contributed by atoms with van der Waals surface area (Å²) in [4.78, 5) is 0. The molecule has 0 saturated heterocycles. The van der Waals surface area contributed by atoms with Crippen LogP contribution in [0, 0.1) is 0 Å². The number of hydrogen-bond acceptors (Lipinski definition) is 2. The number of thiocarbonyl (C=S) groups is 1. The maximum atomic E-state index is 5.13. The lowest BCUT2D eigenvalue weighted by molar-refractivity contribution is 0.414. The molecule has 0 aliphatic heterocycles. The third-order valence-electron chi connectivity index (χ3n) is 2.39. The Balaban J connectivity index is 2.23. The average Bonchev–Trinajstić information content (AvgIpc) is 2.37. The molecule has 1 aromatic rings. The standard InChI is InChI=1S/C13H20N2OS/c1-3-9-14-13(17)15-10-8-11-4-6-12(16-2)7-5-11/h4-7H,3,8-10H2,1-2H3,(H2,14,15,17). The SMILES string of the molecule is CCCNC(=S)NCCc1ccc(OC)cc1. The summed E-state index contributed by atoms with van der Waals surface area (Å²) in [5.74, 6) is 0.891. The van der Waals surface area contributed by atoms with E-state index in [9.17, 15) is 0 Å². The second kappa shape index (κ2) is 7.90. The zero-order valence-corrected chi connectivity index (χ0v) is 11.3. The number of methoxy groups -OCH3 is 1. The number of benzene rings is 1. The van der Waals surface area contributed by atoms with Gasteiger partial charge in [-0.25, -0.2) is 0 Å². The summed E-state index contributed by atoms with van der Waals surface area (Å²) in [6.07, 6.45) is 2.04. The van der Waals surface area contributed by atoms with Crippen molar-refractivity contribution in [1.82, 2.24) is 10.6 Å². The third kappa shape index (κ3) is 5.54.